The Morgan fingerprint density at radius 2 is 1.78 bits per heavy atom. The summed E-state index contributed by atoms with van der Waals surface area (Å²) < 4.78 is 7.78. The minimum Gasteiger partial charge on any atom is -0.379 e. The zero-order valence-corrected chi connectivity index (χ0v) is 21.4. The topological polar surface area (TPSA) is 29.4 Å². The lowest BCUT2D eigenvalue weighted by atomic mass is 10.1. The van der Waals surface area contributed by atoms with Gasteiger partial charge in [0.1, 0.15) is 0 Å². The summed E-state index contributed by atoms with van der Waals surface area (Å²) in [5.74, 6) is 0. The molecule has 0 spiro atoms. The van der Waals surface area contributed by atoms with Crippen molar-refractivity contribution in [2.45, 2.75) is 26.4 Å². The molecule has 2 heterocycles. The first-order valence-corrected chi connectivity index (χ1v) is 11.4. The van der Waals surface area contributed by atoms with Crippen molar-refractivity contribution in [1.29, 1.82) is 0 Å². The summed E-state index contributed by atoms with van der Waals surface area (Å²) >= 11 is 12.5. The van der Waals surface area contributed by atoms with Crippen LogP contribution < -0.4 is 5.32 Å². The average molecular weight is 519 g/mol. The van der Waals surface area contributed by atoms with Gasteiger partial charge < -0.3 is 14.6 Å². The van der Waals surface area contributed by atoms with Gasteiger partial charge in [-0.2, -0.15) is 0 Å². The van der Waals surface area contributed by atoms with E-state index in [4.69, 9.17) is 27.9 Å². The third-order valence-corrected chi connectivity index (χ3v) is 6.53. The van der Waals surface area contributed by atoms with Crippen molar-refractivity contribution in [1.82, 2.24) is 14.8 Å². The zero-order valence-electron chi connectivity index (χ0n) is 18.3. The molecule has 1 aliphatic heterocycles. The third-order valence-electron chi connectivity index (χ3n) is 5.94. The molecule has 0 radical (unpaired) electrons. The molecule has 0 saturated carbocycles. The second-order valence-electron chi connectivity index (χ2n) is 7.89. The summed E-state index contributed by atoms with van der Waals surface area (Å²) in [5.41, 5.74) is 4.96. The van der Waals surface area contributed by atoms with Gasteiger partial charge in [-0.15, -0.1) is 24.8 Å². The quantitative estimate of drug-likeness (QED) is 0.373. The summed E-state index contributed by atoms with van der Waals surface area (Å²) in [4.78, 5) is 2.48. The summed E-state index contributed by atoms with van der Waals surface area (Å²) in [6.45, 7) is 9.80. The number of benzene rings is 2. The average Bonchev–Trinajstić information content (AvgIpc) is 3.02. The van der Waals surface area contributed by atoms with Crippen molar-refractivity contribution in [2.75, 3.05) is 39.4 Å². The highest BCUT2D eigenvalue weighted by Gasteiger charge is 2.15. The van der Waals surface area contributed by atoms with Gasteiger partial charge in [0.15, 0.2) is 0 Å². The Kier molecular flexibility index (Phi) is 11.1. The fourth-order valence-corrected chi connectivity index (χ4v) is 4.68. The van der Waals surface area contributed by atoms with E-state index in [1.165, 1.54) is 22.2 Å². The fourth-order valence-electron chi connectivity index (χ4n) is 4.22. The summed E-state index contributed by atoms with van der Waals surface area (Å²) in [5, 5.41) is 6.34. The molecule has 0 bridgehead atoms. The van der Waals surface area contributed by atoms with E-state index < -0.39 is 0 Å². The van der Waals surface area contributed by atoms with Gasteiger partial charge in [0.05, 0.1) is 13.2 Å². The number of ether oxygens (including phenoxy) is 1. The molecule has 4 rings (SSSR count). The summed E-state index contributed by atoms with van der Waals surface area (Å²) in [7, 11) is 0. The third kappa shape index (κ3) is 6.54. The van der Waals surface area contributed by atoms with Crippen LogP contribution in [-0.2, 0) is 17.8 Å². The molecule has 1 N–H and O–H groups in total. The molecule has 0 atom stereocenters. The number of hydrogen-bond donors (Lipinski definition) is 1. The Morgan fingerprint density at radius 3 is 2.53 bits per heavy atom. The van der Waals surface area contributed by atoms with Crippen molar-refractivity contribution < 1.29 is 4.74 Å². The first-order chi connectivity index (χ1) is 14.6. The normalized spacial score (nSPS) is 14.2. The lowest BCUT2D eigenvalue weighted by Crippen LogP contribution is -2.37. The van der Waals surface area contributed by atoms with Crippen molar-refractivity contribution >= 4 is 58.9 Å². The highest BCUT2D eigenvalue weighted by atomic mass is 35.5. The van der Waals surface area contributed by atoms with Gasteiger partial charge in [0, 0.05) is 52.8 Å². The van der Waals surface area contributed by atoms with Crippen LogP contribution in [0.25, 0.3) is 10.9 Å². The predicted octanol–water partition coefficient (Wildman–Crippen LogP) is 5.96. The number of nitrogens with one attached hydrogen (secondary N) is 1. The smallest absolute Gasteiger partial charge is 0.0594 e. The van der Waals surface area contributed by atoms with Crippen molar-refractivity contribution in [3.05, 3.63) is 69.3 Å². The first kappa shape index (κ1) is 27.3. The van der Waals surface area contributed by atoms with Gasteiger partial charge >= 0.3 is 0 Å². The van der Waals surface area contributed by atoms with E-state index in [2.05, 4.69) is 46.0 Å². The van der Waals surface area contributed by atoms with Gasteiger partial charge in [-0.05, 0) is 55.8 Å². The number of rotatable bonds is 8. The lowest BCUT2D eigenvalue weighted by molar-refractivity contribution is 0.0374. The molecule has 1 saturated heterocycles. The zero-order chi connectivity index (χ0) is 20.9. The van der Waals surface area contributed by atoms with Crippen LogP contribution in [0.3, 0.4) is 0 Å². The molecule has 1 aliphatic rings. The highest BCUT2D eigenvalue weighted by molar-refractivity contribution is 6.35. The van der Waals surface area contributed by atoms with Gasteiger partial charge in [-0.1, -0.05) is 47.5 Å². The molecule has 1 fully saturated rings. The van der Waals surface area contributed by atoms with Crippen LogP contribution in [0.5, 0.6) is 0 Å². The van der Waals surface area contributed by atoms with Crippen molar-refractivity contribution in [3.8, 4) is 0 Å². The van der Waals surface area contributed by atoms with E-state index in [1.54, 1.807) is 0 Å². The van der Waals surface area contributed by atoms with E-state index in [0.29, 0.717) is 10.0 Å². The monoisotopic (exact) mass is 517 g/mol. The SMILES string of the molecule is Cc1c(CNCCCN2CCOCC2)c2ccccc2n1Cc1ccc(Cl)cc1Cl.Cl.Cl. The van der Waals surface area contributed by atoms with E-state index in [0.717, 1.165) is 64.5 Å². The maximum Gasteiger partial charge on any atom is 0.0594 e. The van der Waals surface area contributed by atoms with Crippen LogP contribution in [0.15, 0.2) is 42.5 Å². The molecule has 176 valence electrons. The minimum absolute atomic E-state index is 0. The summed E-state index contributed by atoms with van der Waals surface area (Å²) in [6, 6.07) is 14.4. The predicted molar refractivity (Wildman–Crippen MR) is 140 cm³/mol. The maximum atomic E-state index is 6.45. The maximum absolute atomic E-state index is 6.45. The number of morpholine rings is 1. The van der Waals surface area contributed by atoms with Crippen molar-refractivity contribution in [3.63, 3.8) is 0 Å². The number of aromatic nitrogens is 1. The standard InChI is InChI=1S/C24H29Cl2N3O.2ClH/c1-18-22(16-27-9-4-10-28-11-13-30-14-12-28)21-5-2-3-6-24(21)29(18)17-19-7-8-20(25)15-23(19)26;;/h2-3,5-8,15,27H,4,9-14,16-17H2,1H3;2*1H. The Hall–Kier alpha value is -0.980. The molecular weight excluding hydrogens is 488 g/mol. The first-order valence-electron chi connectivity index (χ1n) is 10.6. The van der Waals surface area contributed by atoms with E-state index in [1.807, 2.05) is 18.2 Å². The molecule has 32 heavy (non-hydrogen) atoms. The van der Waals surface area contributed by atoms with Crippen LogP contribution in [0.2, 0.25) is 10.0 Å². The van der Waals surface area contributed by atoms with Crippen LogP contribution >= 0.6 is 48.0 Å². The molecular formula is C24H31Cl4N3O. The molecule has 0 unspecified atom stereocenters. The molecule has 2 aromatic carbocycles. The number of halogens is 4. The lowest BCUT2D eigenvalue weighted by Gasteiger charge is -2.26. The molecule has 0 amide bonds. The van der Waals surface area contributed by atoms with E-state index >= 15 is 0 Å². The van der Waals surface area contributed by atoms with Gasteiger partial charge in [0.25, 0.3) is 0 Å². The van der Waals surface area contributed by atoms with E-state index in [-0.39, 0.29) is 24.8 Å². The molecule has 1 aromatic heterocycles. The van der Waals surface area contributed by atoms with Crippen LogP contribution in [0.4, 0.5) is 0 Å². The fraction of sp³-hybridized carbons (Fsp3) is 0.417. The second-order valence-corrected chi connectivity index (χ2v) is 8.73. The van der Waals surface area contributed by atoms with Crippen LogP contribution in [-0.4, -0.2) is 48.9 Å². The Bertz CT molecular complexity index is 1000. The largest absolute Gasteiger partial charge is 0.379 e. The Morgan fingerprint density at radius 1 is 1.03 bits per heavy atom. The second kappa shape index (κ2) is 13.0. The number of para-hydroxylation sites is 1. The Labute approximate surface area is 213 Å². The molecule has 8 heteroatoms. The highest BCUT2D eigenvalue weighted by Crippen LogP contribution is 2.29. The van der Waals surface area contributed by atoms with Crippen LogP contribution in [0.1, 0.15) is 23.2 Å². The van der Waals surface area contributed by atoms with Gasteiger partial charge in [-0.25, -0.2) is 0 Å². The molecule has 4 nitrogen and oxygen atoms in total. The number of nitrogens with zero attached hydrogens (tertiary/aromatic N) is 2. The van der Waals surface area contributed by atoms with Gasteiger partial charge in [-0.3, -0.25) is 4.90 Å². The molecule has 0 aliphatic carbocycles. The van der Waals surface area contributed by atoms with Crippen LogP contribution in [0, 0.1) is 6.92 Å². The van der Waals surface area contributed by atoms with Crippen molar-refractivity contribution in [2.24, 2.45) is 0 Å². The molecule has 3 aromatic rings. The number of hydrogen-bond acceptors (Lipinski definition) is 3. The Balaban J connectivity index is 0.00000181. The minimum atomic E-state index is 0. The van der Waals surface area contributed by atoms with E-state index in [9.17, 15) is 0 Å². The summed E-state index contributed by atoms with van der Waals surface area (Å²) in [6.07, 6.45) is 1.15. The number of fused-ring (bicyclic) bond motifs is 1. The van der Waals surface area contributed by atoms with Gasteiger partial charge in [0.2, 0.25) is 0 Å².